The Balaban J connectivity index is 2.29. The maximum atomic E-state index is 4.53. The number of hydrogen-bond donors (Lipinski definition) is 1. The van der Waals surface area contributed by atoms with Crippen molar-refractivity contribution in [3.05, 3.63) is 41.6 Å². The van der Waals surface area contributed by atoms with E-state index in [0.29, 0.717) is 0 Å². The summed E-state index contributed by atoms with van der Waals surface area (Å²) in [5, 5.41) is 3.28. The predicted molar refractivity (Wildman–Crippen MR) is 75.7 cm³/mol. The SMILES string of the molecule is CCCNc1ccnc(-c2ccc(C)c(C)c2)n1. The second kappa shape index (κ2) is 5.63. The van der Waals surface area contributed by atoms with Crippen molar-refractivity contribution in [2.45, 2.75) is 27.2 Å². The molecule has 0 saturated heterocycles. The molecule has 0 saturated carbocycles. The van der Waals surface area contributed by atoms with Crippen molar-refractivity contribution >= 4 is 5.82 Å². The standard InChI is InChI=1S/C15H19N3/c1-4-8-16-14-7-9-17-15(18-14)13-6-5-11(2)12(3)10-13/h5-7,9-10H,4,8H2,1-3H3,(H,16,17,18). The van der Waals surface area contributed by atoms with Crippen LogP contribution in [0, 0.1) is 13.8 Å². The lowest BCUT2D eigenvalue weighted by atomic mass is 10.1. The van der Waals surface area contributed by atoms with E-state index in [2.05, 4.69) is 54.3 Å². The normalized spacial score (nSPS) is 10.4. The van der Waals surface area contributed by atoms with Crippen molar-refractivity contribution in [2.24, 2.45) is 0 Å². The molecule has 2 rings (SSSR count). The molecule has 3 heteroatoms. The zero-order valence-electron chi connectivity index (χ0n) is 11.2. The van der Waals surface area contributed by atoms with Gasteiger partial charge < -0.3 is 5.32 Å². The van der Waals surface area contributed by atoms with Gasteiger partial charge in [-0.15, -0.1) is 0 Å². The highest BCUT2D eigenvalue weighted by Gasteiger charge is 2.03. The van der Waals surface area contributed by atoms with E-state index in [1.165, 1.54) is 11.1 Å². The first kappa shape index (κ1) is 12.6. The first-order valence-corrected chi connectivity index (χ1v) is 6.35. The molecule has 1 aromatic carbocycles. The molecule has 0 radical (unpaired) electrons. The van der Waals surface area contributed by atoms with Crippen LogP contribution in [-0.2, 0) is 0 Å². The van der Waals surface area contributed by atoms with Gasteiger partial charge in [-0.05, 0) is 43.5 Å². The van der Waals surface area contributed by atoms with Crippen molar-refractivity contribution in [1.29, 1.82) is 0 Å². The van der Waals surface area contributed by atoms with Crippen LogP contribution in [0.15, 0.2) is 30.5 Å². The van der Waals surface area contributed by atoms with Crippen LogP contribution in [0.2, 0.25) is 0 Å². The van der Waals surface area contributed by atoms with Gasteiger partial charge >= 0.3 is 0 Å². The molecule has 0 atom stereocenters. The fraction of sp³-hybridized carbons (Fsp3) is 0.333. The van der Waals surface area contributed by atoms with Gasteiger partial charge in [0.25, 0.3) is 0 Å². The van der Waals surface area contributed by atoms with E-state index in [1.807, 2.05) is 6.07 Å². The fourth-order valence-corrected chi connectivity index (χ4v) is 1.73. The quantitative estimate of drug-likeness (QED) is 0.889. The zero-order valence-corrected chi connectivity index (χ0v) is 11.2. The van der Waals surface area contributed by atoms with E-state index in [9.17, 15) is 0 Å². The third-order valence-corrected chi connectivity index (χ3v) is 2.98. The molecular formula is C15H19N3. The van der Waals surface area contributed by atoms with E-state index in [1.54, 1.807) is 6.20 Å². The Bertz CT molecular complexity index is 535. The van der Waals surface area contributed by atoms with Gasteiger partial charge in [0.2, 0.25) is 0 Å². The molecule has 3 nitrogen and oxygen atoms in total. The number of aromatic nitrogens is 2. The fourth-order valence-electron chi connectivity index (χ4n) is 1.73. The molecule has 0 spiro atoms. The smallest absolute Gasteiger partial charge is 0.161 e. The minimum absolute atomic E-state index is 0.777. The van der Waals surface area contributed by atoms with Gasteiger partial charge in [-0.2, -0.15) is 0 Å². The Hall–Kier alpha value is -1.90. The maximum absolute atomic E-state index is 4.53. The van der Waals surface area contributed by atoms with Gasteiger partial charge in [0.05, 0.1) is 0 Å². The van der Waals surface area contributed by atoms with Crippen LogP contribution in [-0.4, -0.2) is 16.5 Å². The van der Waals surface area contributed by atoms with Crippen molar-refractivity contribution in [3.63, 3.8) is 0 Å². The number of hydrogen-bond acceptors (Lipinski definition) is 3. The van der Waals surface area contributed by atoms with E-state index >= 15 is 0 Å². The van der Waals surface area contributed by atoms with Gasteiger partial charge in [0.15, 0.2) is 5.82 Å². The number of aryl methyl sites for hydroxylation is 2. The second-order valence-electron chi connectivity index (χ2n) is 4.49. The Morgan fingerprint density at radius 1 is 1.11 bits per heavy atom. The molecule has 0 aliphatic rings. The highest BCUT2D eigenvalue weighted by molar-refractivity contribution is 5.58. The van der Waals surface area contributed by atoms with Crippen LogP contribution < -0.4 is 5.32 Å². The average molecular weight is 241 g/mol. The molecule has 0 bridgehead atoms. The van der Waals surface area contributed by atoms with Gasteiger partial charge in [-0.25, -0.2) is 9.97 Å². The highest BCUT2D eigenvalue weighted by atomic mass is 15.0. The van der Waals surface area contributed by atoms with E-state index in [4.69, 9.17) is 0 Å². The Labute approximate surface area is 108 Å². The van der Waals surface area contributed by atoms with Crippen molar-refractivity contribution in [1.82, 2.24) is 9.97 Å². The molecule has 0 aliphatic carbocycles. The molecule has 0 amide bonds. The van der Waals surface area contributed by atoms with E-state index < -0.39 is 0 Å². The topological polar surface area (TPSA) is 37.8 Å². The van der Waals surface area contributed by atoms with Crippen LogP contribution >= 0.6 is 0 Å². The van der Waals surface area contributed by atoms with Crippen molar-refractivity contribution < 1.29 is 0 Å². The lowest BCUT2D eigenvalue weighted by Gasteiger charge is -2.07. The predicted octanol–water partition coefficient (Wildman–Crippen LogP) is 3.58. The minimum atomic E-state index is 0.777. The molecular weight excluding hydrogens is 222 g/mol. The van der Waals surface area contributed by atoms with Gasteiger partial charge in [0, 0.05) is 18.3 Å². The average Bonchev–Trinajstić information content (AvgIpc) is 2.40. The molecule has 1 aromatic heterocycles. The lowest BCUT2D eigenvalue weighted by molar-refractivity contribution is 0.966. The van der Waals surface area contributed by atoms with Gasteiger partial charge in [0.1, 0.15) is 5.82 Å². The van der Waals surface area contributed by atoms with Crippen LogP contribution in [0.3, 0.4) is 0 Å². The Kier molecular flexibility index (Phi) is 3.92. The summed E-state index contributed by atoms with van der Waals surface area (Å²) in [6, 6.07) is 8.22. The maximum Gasteiger partial charge on any atom is 0.161 e. The minimum Gasteiger partial charge on any atom is -0.370 e. The largest absolute Gasteiger partial charge is 0.370 e. The molecule has 0 fully saturated rings. The molecule has 1 heterocycles. The van der Waals surface area contributed by atoms with Crippen LogP contribution in [0.25, 0.3) is 11.4 Å². The number of nitrogens with zero attached hydrogens (tertiary/aromatic N) is 2. The molecule has 18 heavy (non-hydrogen) atoms. The lowest BCUT2D eigenvalue weighted by Crippen LogP contribution is -2.03. The third-order valence-electron chi connectivity index (χ3n) is 2.98. The molecule has 0 aliphatic heterocycles. The highest BCUT2D eigenvalue weighted by Crippen LogP contribution is 2.19. The second-order valence-corrected chi connectivity index (χ2v) is 4.49. The summed E-state index contributed by atoms with van der Waals surface area (Å²) >= 11 is 0. The number of nitrogens with one attached hydrogen (secondary N) is 1. The van der Waals surface area contributed by atoms with Crippen LogP contribution in [0.4, 0.5) is 5.82 Å². The molecule has 2 aromatic rings. The first-order chi connectivity index (χ1) is 8.70. The van der Waals surface area contributed by atoms with E-state index in [-0.39, 0.29) is 0 Å². The van der Waals surface area contributed by atoms with Crippen LogP contribution in [0.5, 0.6) is 0 Å². The van der Waals surface area contributed by atoms with Crippen molar-refractivity contribution in [3.8, 4) is 11.4 Å². The summed E-state index contributed by atoms with van der Waals surface area (Å²) in [6.45, 7) is 7.29. The molecule has 0 unspecified atom stereocenters. The molecule has 94 valence electrons. The summed E-state index contributed by atoms with van der Waals surface area (Å²) < 4.78 is 0. The Morgan fingerprint density at radius 3 is 2.67 bits per heavy atom. The Morgan fingerprint density at radius 2 is 1.94 bits per heavy atom. The number of anilines is 1. The molecule has 1 N–H and O–H groups in total. The summed E-state index contributed by atoms with van der Waals surface area (Å²) in [4.78, 5) is 8.87. The summed E-state index contributed by atoms with van der Waals surface area (Å²) in [6.07, 6.45) is 2.89. The van der Waals surface area contributed by atoms with Crippen molar-refractivity contribution in [2.75, 3.05) is 11.9 Å². The summed E-state index contributed by atoms with van der Waals surface area (Å²) in [5.74, 6) is 1.67. The third kappa shape index (κ3) is 2.86. The number of rotatable bonds is 4. The van der Waals surface area contributed by atoms with Gasteiger partial charge in [-0.3, -0.25) is 0 Å². The van der Waals surface area contributed by atoms with Gasteiger partial charge in [-0.1, -0.05) is 19.1 Å². The van der Waals surface area contributed by atoms with Crippen LogP contribution in [0.1, 0.15) is 24.5 Å². The number of benzene rings is 1. The first-order valence-electron chi connectivity index (χ1n) is 6.35. The summed E-state index contributed by atoms with van der Waals surface area (Å²) in [5.41, 5.74) is 3.63. The zero-order chi connectivity index (χ0) is 13.0. The monoisotopic (exact) mass is 241 g/mol. The summed E-state index contributed by atoms with van der Waals surface area (Å²) in [7, 11) is 0. The van der Waals surface area contributed by atoms with E-state index in [0.717, 1.165) is 30.2 Å².